The molecule has 0 aliphatic heterocycles. The number of carbonyl (C=O) groups excluding carboxylic acids is 1. The summed E-state index contributed by atoms with van der Waals surface area (Å²) in [5.41, 5.74) is 1.07. The average Bonchev–Trinajstić information content (AvgIpc) is 3.34. The number of carboxylic acids is 1. The highest BCUT2D eigenvalue weighted by Gasteiger charge is 2.43. The first-order chi connectivity index (χ1) is 16.1. The highest BCUT2D eigenvalue weighted by atomic mass is 32.1. The summed E-state index contributed by atoms with van der Waals surface area (Å²) in [6.45, 7) is 0. The van der Waals surface area contributed by atoms with E-state index in [0.29, 0.717) is 25.0 Å². The van der Waals surface area contributed by atoms with Gasteiger partial charge >= 0.3 is 12.1 Å². The first-order valence-electron chi connectivity index (χ1n) is 10.6. The van der Waals surface area contributed by atoms with Gasteiger partial charge in [-0.2, -0.15) is 13.2 Å². The van der Waals surface area contributed by atoms with Gasteiger partial charge in [-0.15, -0.1) is 0 Å². The van der Waals surface area contributed by atoms with Crippen LogP contribution < -0.4 is 5.32 Å². The summed E-state index contributed by atoms with van der Waals surface area (Å²) in [5.74, 6) is -5.56. The number of nitrogens with zero attached hydrogens (tertiary/aromatic N) is 1. The molecular weight excluding hydrogens is 472 g/mol. The molecule has 10 heteroatoms. The Bertz CT molecular complexity index is 1180. The monoisotopic (exact) mass is 492 g/mol. The van der Waals surface area contributed by atoms with Crippen molar-refractivity contribution in [3.63, 3.8) is 0 Å². The number of aromatic nitrogens is 1. The van der Waals surface area contributed by atoms with Gasteiger partial charge < -0.3 is 10.4 Å². The molecule has 1 aliphatic carbocycles. The lowest BCUT2D eigenvalue weighted by atomic mass is 9.69. The van der Waals surface area contributed by atoms with Crippen molar-refractivity contribution in [1.29, 1.82) is 0 Å². The molecule has 3 atom stereocenters. The van der Waals surface area contributed by atoms with E-state index >= 15 is 0 Å². The van der Waals surface area contributed by atoms with E-state index in [-0.39, 0.29) is 6.42 Å². The molecule has 5 nitrogen and oxygen atoms in total. The molecule has 1 fully saturated rings. The smallest absolute Gasteiger partial charge is 0.416 e. The van der Waals surface area contributed by atoms with Gasteiger partial charge in [-0.25, -0.2) is 8.76 Å². The predicted octanol–water partition coefficient (Wildman–Crippen LogP) is 6.19. The van der Waals surface area contributed by atoms with E-state index in [9.17, 15) is 32.3 Å². The molecule has 0 spiro atoms. The van der Waals surface area contributed by atoms with Crippen molar-refractivity contribution in [3.8, 4) is 11.1 Å². The summed E-state index contributed by atoms with van der Waals surface area (Å²) in [4.78, 5) is 25.1. The Morgan fingerprint density at radius 2 is 1.79 bits per heavy atom. The summed E-state index contributed by atoms with van der Waals surface area (Å²) in [6.07, 6.45) is -1.56. The summed E-state index contributed by atoms with van der Waals surface area (Å²) >= 11 is 1.32. The summed E-state index contributed by atoms with van der Waals surface area (Å²) in [5, 5.41) is 14.1. The number of anilines is 1. The molecular formula is C24H20F4N2O3S. The van der Waals surface area contributed by atoms with Crippen LogP contribution in [-0.4, -0.2) is 21.4 Å². The number of carboxylic acid groups (broad SMARTS) is 1. The molecule has 1 aliphatic rings. The van der Waals surface area contributed by atoms with E-state index in [4.69, 9.17) is 0 Å². The Kier molecular flexibility index (Phi) is 6.70. The SMILES string of the molecule is O=C(O)[C@@H]1[C@@H](c2ccc(-c3cnsc3)cc2)CCC[C@H]1C(=O)Nc1ccc(C(F)(F)F)cc1F. The normalized spacial score (nSPS) is 20.6. The maximum absolute atomic E-state index is 14.2. The number of hydrogen-bond acceptors (Lipinski definition) is 4. The first-order valence-corrected chi connectivity index (χ1v) is 11.4. The Hall–Kier alpha value is -3.27. The number of rotatable bonds is 5. The lowest BCUT2D eigenvalue weighted by Gasteiger charge is -2.35. The number of halogens is 4. The van der Waals surface area contributed by atoms with Crippen LogP contribution in [-0.2, 0) is 15.8 Å². The fourth-order valence-corrected chi connectivity index (χ4v) is 5.04. The summed E-state index contributed by atoms with van der Waals surface area (Å²) < 4.78 is 56.6. The molecule has 2 N–H and O–H groups in total. The fourth-order valence-electron chi connectivity index (χ4n) is 4.50. The molecule has 1 aromatic heterocycles. The van der Waals surface area contributed by atoms with E-state index in [1.165, 1.54) is 11.5 Å². The molecule has 1 heterocycles. The number of hydrogen-bond donors (Lipinski definition) is 2. The van der Waals surface area contributed by atoms with Crippen LogP contribution in [0.2, 0.25) is 0 Å². The maximum atomic E-state index is 14.2. The first kappa shape index (κ1) is 23.9. The highest BCUT2D eigenvalue weighted by Crippen LogP contribution is 2.43. The molecule has 1 saturated carbocycles. The van der Waals surface area contributed by atoms with Gasteiger partial charge in [0.25, 0.3) is 0 Å². The van der Waals surface area contributed by atoms with E-state index in [1.807, 2.05) is 29.6 Å². The Balaban J connectivity index is 1.55. The number of aliphatic carboxylic acids is 1. The lowest BCUT2D eigenvalue weighted by molar-refractivity contribution is -0.148. The van der Waals surface area contributed by atoms with Crippen LogP contribution >= 0.6 is 11.5 Å². The second-order valence-electron chi connectivity index (χ2n) is 8.22. The molecule has 4 rings (SSSR count). The molecule has 0 radical (unpaired) electrons. The van der Waals surface area contributed by atoms with Gasteiger partial charge in [0, 0.05) is 17.1 Å². The zero-order valence-corrected chi connectivity index (χ0v) is 18.5. The van der Waals surface area contributed by atoms with Gasteiger partial charge in [0.2, 0.25) is 5.91 Å². The van der Waals surface area contributed by atoms with Gasteiger partial charge in [0.05, 0.1) is 23.1 Å². The topological polar surface area (TPSA) is 79.3 Å². The van der Waals surface area contributed by atoms with Gasteiger partial charge in [-0.05, 0) is 59.6 Å². The zero-order chi connectivity index (χ0) is 24.5. The molecule has 3 aromatic rings. The van der Waals surface area contributed by atoms with Gasteiger partial charge in [0.1, 0.15) is 5.82 Å². The van der Waals surface area contributed by atoms with Gasteiger partial charge in [0.15, 0.2) is 0 Å². The second kappa shape index (κ2) is 9.54. The van der Waals surface area contributed by atoms with Crippen molar-refractivity contribution in [3.05, 3.63) is 71.0 Å². The van der Waals surface area contributed by atoms with E-state index in [0.717, 1.165) is 22.8 Å². The number of alkyl halides is 3. The Morgan fingerprint density at radius 1 is 1.06 bits per heavy atom. The number of amides is 1. The fraction of sp³-hybridized carbons (Fsp3) is 0.292. The minimum atomic E-state index is -4.72. The van der Waals surface area contributed by atoms with Crippen LogP contribution in [0, 0.1) is 17.7 Å². The van der Waals surface area contributed by atoms with Gasteiger partial charge in [-0.1, -0.05) is 30.7 Å². The molecule has 178 valence electrons. The van der Waals surface area contributed by atoms with Gasteiger partial charge in [-0.3, -0.25) is 9.59 Å². The number of benzene rings is 2. The van der Waals surface area contributed by atoms with Crippen LogP contribution in [0.3, 0.4) is 0 Å². The quantitative estimate of drug-likeness (QED) is 0.416. The third-order valence-corrected chi connectivity index (χ3v) is 6.76. The van der Waals surface area contributed by atoms with Crippen LogP contribution in [0.1, 0.15) is 36.3 Å². The molecule has 0 saturated heterocycles. The molecule has 0 unspecified atom stereocenters. The summed E-state index contributed by atoms with van der Waals surface area (Å²) in [6, 6.07) is 9.23. The minimum Gasteiger partial charge on any atom is -0.481 e. The zero-order valence-electron chi connectivity index (χ0n) is 17.7. The van der Waals surface area contributed by atoms with Crippen molar-refractivity contribution < 1.29 is 32.3 Å². The van der Waals surface area contributed by atoms with Crippen molar-refractivity contribution in [2.24, 2.45) is 11.8 Å². The van der Waals surface area contributed by atoms with Crippen LogP contribution in [0.5, 0.6) is 0 Å². The van der Waals surface area contributed by atoms with Crippen LogP contribution in [0.4, 0.5) is 23.2 Å². The van der Waals surface area contributed by atoms with E-state index in [1.54, 1.807) is 6.20 Å². The largest absolute Gasteiger partial charge is 0.481 e. The molecule has 2 aromatic carbocycles. The molecule has 34 heavy (non-hydrogen) atoms. The van der Waals surface area contributed by atoms with E-state index < -0.39 is 52.9 Å². The van der Waals surface area contributed by atoms with Crippen molar-refractivity contribution >= 4 is 29.1 Å². The van der Waals surface area contributed by atoms with Crippen LogP contribution in [0.15, 0.2) is 54.0 Å². The van der Waals surface area contributed by atoms with Crippen molar-refractivity contribution in [1.82, 2.24) is 4.37 Å². The predicted molar refractivity (Wildman–Crippen MR) is 119 cm³/mol. The minimum absolute atomic E-state index is 0.278. The second-order valence-corrected chi connectivity index (χ2v) is 8.88. The molecule has 0 bridgehead atoms. The maximum Gasteiger partial charge on any atom is 0.416 e. The third kappa shape index (κ3) is 4.96. The van der Waals surface area contributed by atoms with Crippen molar-refractivity contribution in [2.75, 3.05) is 5.32 Å². The van der Waals surface area contributed by atoms with Crippen LogP contribution in [0.25, 0.3) is 11.1 Å². The summed E-state index contributed by atoms with van der Waals surface area (Å²) in [7, 11) is 0. The molecule has 1 amide bonds. The average molecular weight is 492 g/mol. The highest BCUT2D eigenvalue weighted by molar-refractivity contribution is 7.03. The standard InChI is InChI=1S/C24H20F4N2O3S/c25-19-10-16(24(26,27)28)8-9-20(19)30-22(31)18-3-1-2-17(21(18)23(32)33)14-6-4-13(5-7-14)15-11-29-34-12-15/h4-12,17-18,21H,1-3H2,(H,30,31)(H,32,33)/t17-,18-,21-/m1/s1. The third-order valence-electron chi connectivity index (χ3n) is 6.18. The Labute approximate surface area is 196 Å². The van der Waals surface area contributed by atoms with E-state index in [2.05, 4.69) is 9.69 Å². The number of carbonyl (C=O) groups is 2. The lowest BCUT2D eigenvalue weighted by Crippen LogP contribution is -2.40. The Morgan fingerprint density at radius 3 is 2.38 bits per heavy atom. The van der Waals surface area contributed by atoms with Crippen molar-refractivity contribution in [2.45, 2.75) is 31.4 Å². The number of nitrogens with one attached hydrogen (secondary N) is 1.